The van der Waals surface area contributed by atoms with Crippen molar-refractivity contribution in [3.63, 3.8) is 0 Å². The molecule has 0 N–H and O–H groups in total. The SMILES string of the molecule is Cl.c1ccc(COc2ccc(CCCCCOC34CCN(CC3)C4)cc2)cc1. The van der Waals surface area contributed by atoms with Crippen molar-refractivity contribution in [2.45, 2.75) is 50.7 Å². The number of halogens is 1. The number of hydrogen-bond donors (Lipinski definition) is 0. The Hall–Kier alpha value is -1.55. The first-order valence-corrected chi connectivity index (χ1v) is 10.4. The molecule has 2 saturated heterocycles. The summed E-state index contributed by atoms with van der Waals surface area (Å²) in [6.07, 6.45) is 7.27. The third-order valence-electron chi connectivity index (χ3n) is 5.97. The molecule has 0 aromatic heterocycles. The molecule has 28 heavy (non-hydrogen) atoms. The predicted molar refractivity (Wildman–Crippen MR) is 116 cm³/mol. The highest BCUT2D eigenvalue weighted by atomic mass is 35.5. The minimum Gasteiger partial charge on any atom is -0.489 e. The zero-order chi connectivity index (χ0) is 18.4. The molecule has 2 bridgehead atoms. The van der Waals surface area contributed by atoms with E-state index < -0.39 is 0 Å². The maximum Gasteiger partial charge on any atom is 0.119 e. The second kappa shape index (κ2) is 10.3. The van der Waals surface area contributed by atoms with Crippen LogP contribution in [-0.2, 0) is 17.8 Å². The van der Waals surface area contributed by atoms with Gasteiger partial charge in [0.25, 0.3) is 0 Å². The Balaban J connectivity index is 0.00000225. The summed E-state index contributed by atoms with van der Waals surface area (Å²) < 4.78 is 12.1. The Morgan fingerprint density at radius 2 is 1.57 bits per heavy atom. The van der Waals surface area contributed by atoms with E-state index in [1.165, 1.54) is 62.9 Å². The van der Waals surface area contributed by atoms with E-state index in [2.05, 4.69) is 41.3 Å². The number of piperidine rings is 1. The molecule has 0 saturated carbocycles. The summed E-state index contributed by atoms with van der Waals surface area (Å²) >= 11 is 0. The van der Waals surface area contributed by atoms with Gasteiger partial charge in [0.1, 0.15) is 12.4 Å². The average Bonchev–Trinajstić information content (AvgIpc) is 3.32. The highest BCUT2D eigenvalue weighted by Crippen LogP contribution is 2.35. The fourth-order valence-corrected chi connectivity index (χ4v) is 4.26. The van der Waals surface area contributed by atoms with Gasteiger partial charge in [0.15, 0.2) is 0 Å². The Morgan fingerprint density at radius 1 is 0.821 bits per heavy atom. The number of unbranched alkanes of at least 4 members (excludes halogenated alkanes) is 2. The number of rotatable bonds is 10. The van der Waals surface area contributed by atoms with Gasteiger partial charge < -0.3 is 14.4 Å². The molecular formula is C24H32ClNO2. The summed E-state index contributed by atoms with van der Waals surface area (Å²) in [7, 11) is 0. The van der Waals surface area contributed by atoms with Crippen LogP contribution in [0.2, 0.25) is 0 Å². The zero-order valence-corrected chi connectivity index (χ0v) is 17.5. The lowest BCUT2D eigenvalue weighted by molar-refractivity contribution is -0.0271. The summed E-state index contributed by atoms with van der Waals surface area (Å²) in [6.45, 7) is 5.21. The van der Waals surface area contributed by atoms with Gasteiger partial charge in [-0.25, -0.2) is 0 Å². The number of nitrogens with zero attached hydrogens (tertiary/aromatic N) is 1. The topological polar surface area (TPSA) is 21.7 Å². The van der Waals surface area contributed by atoms with Gasteiger partial charge in [-0.2, -0.15) is 0 Å². The van der Waals surface area contributed by atoms with Gasteiger partial charge in [-0.05, 0) is 55.4 Å². The maximum absolute atomic E-state index is 6.25. The highest BCUT2D eigenvalue weighted by molar-refractivity contribution is 5.85. The maximum atomic E-state index is 6.25. The van der Waals surface area contributed by atoms with E-state index in [0.717, 1.165) is 18.8 Å². The van der Waals surface area contributed by atoms with Crippen LogP contribution in [-0.4, -0.2) is 36.7 Å². The van der Waals surface area contributed by atoms with Crippen LogP contribution in [0, 0.1) is 0 Å². The monoisotopic (exact) mass is 401 g/mol. The summed E-state index contributed by atoms with van der Waals surface area (Å²) in [4.78, 5) is 2.53. The lowest BCUT2D eigenvalue weighted by atomic mass is 10.00. The summed E-state index contributed by atoms with van der Waals surface area (Å²) in [6, 6.07) is 18.9. The Bertz CT molecular complexity index is 696. The molecule has 0 spiro atoms. The highest BCUT2D eigenvalue weighted by Gasteiger charge is 2.44. The van der Waals surface area contributed by atoms with Crippen molar-refractivity contribution < 1.29 is 9.47 Å². The first kappa shape index (κ1) is 21.2. The van der Waals surface area contributed by atoms with E-state index in [0.29, 0.717) is 6.61 Å². The van der Waals surface area contributed by atoms with Gasteiger partial charge in [-0.1, -0.05) is 48.9 Å². The van der Waals surface area contributed by atoms with Gasteiger partial charge in [0.05, 0.1) is 5.60 Å². The number of ether oxygens (including phenoxy) is 2. The second-order valence-electron chi connectivity index (χ2n) is 8.04. The number of fused-ring (bicyclic) bond motifs is 2. The largest absolute Gasteiger partial charge is 0.489 e. The number of hydrogen-bond acceptors (Lipinski definition) is 3. The first-order chi connectivity index (χ1) is 13.3. The zero-order valence-electron chi connectivity index (χ0n) is 16.6. The van der Waals surface area contributed by atoms with Crippen molar-refractivity contribution in [1.29, 1.82) is 0 Å². The molecule has 2 fully saturated rings. The van der Waals surface area contributed by atoms with Crippen LogP contribution in [0.4, 0.5) is 0 Å². The van der Waals surface area contributed by atoms with Crippen LogP contribution >= 0.6 is 12.4 Å². The van der Waals surface area contributed by atoms with Crippen molar-refractivity contribution in [2.75, 3.05) is 26.2 Å². The van der Waals surface area contributed by atoms with E-state index in [1.54, 1.807) is 0 Å². The van der Waals surface area contributed by atoms with Crippen LogP contribution in [0.5, 0.6) is 5.75 Å². The standard InChI is InChI=1S/C24H31NO2.ClH/c1-3-8-22(9-4-1)19-26-23-12-10-21(11-13-23)7-5-2-6-18-27-24-14-16-25(20-24)17-15-24;/h1,3-4,8-13H,2,5-7,14-20H2;1H. The minimum absolute atomic E-state index is 0. The third kappa shape index (κ3) is 5.73. The molecular weight excluding hydrogens is 370 g/mol. The number of aryl methyl sites for hydroxylation is 1. The van der Waals surface area contributed by atoms with Crippen LogP contribution in [0.1, 0.15) is 43.2 Å². The minimum atomic E-state index is 0. The summed E-state index contributed by atoms with van der Waals surface area (Å²) in [5.41, 5.74) is 2.81. The molecule has 3 nitrogen and oxygen atoms in total. The molecule has 2 aliphatic heterocycles. The number of benzene rings is 2. The molecule has 4 rings (SSSR count). The predicted octanol–water partition coefficient (Wildman–Crippen LogP) is 5.27. The fourth-order valence-electron chi connectivity index (χ4n) is 4.26. The summed E-state index contributed by atoms with van der Waals surface area (Å²) in [5, 5.41) is 0. The average molecular weight is 402 g/mol. The molecule has 0 amide bonds. The smallest absolute Gasteiger partial charge is 0.119 e. The Labute approximate surface area is 175 Å². The third-order valence-corrected chi connectivity index (χ3v) is 5.97. The molecule has 2 aromatic carbocycles. The van der Waals surface area contributed by atoms with E-state index in [1.807, 2.05) is 18.2 Å². The van der Waals surface area contributed by atoms with Gasteiger partial charge >= 0.3 is 0 Å². The Kier molecular flexibility index (Phi) is 7.78. The van der Waals surface area contributed by atoms with Crippen LogP contribution in [0.25, 0.3) is 0 Å². The van der Waals surface area contributed by atoms with Gasteiger partial charge in [-0.3, -0.25) is 0 Å². The van der Waals surface area contributed by atoms with Crippen molar-refractivity contribution in [1.82, 2.24) is 4.90 Å². The van der Waals surface area contributed by atoms with E-state index in [4.69, 9.17) is 9.47 Å². The molecule has 0 aliphatic carbocycles. The van der Waals surface area contributed by atoms with Crippen molar-refractivity contribution in [3.05, 3.63) is 65.7 Å². The van der Waals surface area contributed by atoms with E-state index in [9.17, 15) is 0 Å². The molecule has 0 atom stereocenters. The van der Waals surface area contributed by atoms with Gasteiger partial charge in [0.2, 0.25) is 0 Å². The quantitative estimate of drug-likeness (QED) is 0.506. The van der Waals surface area contributed by atoms with Crippen molar-refractivity contribution in [3.8, 4) is 5.75 Å². The van der Waals surface area contributed by atoms with Gasteiger partial charge in [-0.15, -0.1) is 12.4 Å². The van der Waals surface area contributed by atoms with E-state index >= 15 is 0 Å². The normalized spacial score (nSPS) is 22.8. The van der Waals surface area contributed by atoms with Crippen molar-refractivity contribution in [2.24, 2.45) is 0 Å². The summed E-state index contributed by atoms with van der Waals surface area (Å²) in [5.74, 6) is 0.942. The molecule has 0 radical (unpaired) electrons. The Morgan fingerprint density at radius 3 is 2.25 bits per heavy atom. The molecule has 2 heterocycles. The van der Waals surface area contributed by atoms with Crippen molar-refractivity contribution >= 4 is 12.4 Å². The molecule has 4 heteroatoms. The first-order valence-electron chi connectivity index (χ1n) is 10.4. The second-order valence-corrected chi connectivity index (χ2v) is 8.04. The molecule has 152 valence electrons. The lowest BCUT2D eigenvalue weighted by Crippen LogP contribution is -2.31. The van der Waals surface area contributed by atoms with Gasteiger partial charge in [0, 0.05) is 26.2 Å². The fraction of sp³-hybridized carbons (Fsp3) is 0.500. The van der Waals surface area contributed by atoms with Crippen LogP contribution < -0.4 is 4.74 Å². The molecule has 2 aromatic rings. The van der Waals surface area contributed by atoms with Crippen LogP contribution in [0.15, 0.2) is 54.6 Å². The van der Waals surface area contributed by atoms with E-state index in [-0.39, 0.29) is 18.0 Å². The molecule has 2 aliphatic rings. The van der Waals surface area contributed by atoms with Crippen LogP contribution in [0.3, 0.4) is 0 Å². The lowest BCUT2D eigenvalue weighted by Gasteiger charge is -2.25. The molecule has 0 unspecified atom stereocenters.